The monoisotopic (exact) mass is 265 g/mol. The molecule has 1 heterocycles. The van der Waals surface area contributed by atoms with Crippen molar-refractivity contribution in [1.82, 2.24) is 4.98 Å². The minimum atomic E-state index is -0.0380. The number of benzene rings is 1. The van der Waals surface area contributed by atoms with Crippen molar-refractivity contribution in [2.45, 2.75) is 6.42 Å². The number of carbonyl (C=O) groups excluding carboxylic acids is 1. The molecule has 0 amide bonds. The van der Waals surface area contributed by atoms with Crippen LogP contribution in [0, 0.1) is 0 Å². The van der Waals surface area contributed by atoms with Crippen molar-refractivity contribution in [2.24, 2.45) is 0 Å². The molecule has 0 atom stereocenters. The Morgan fingerprint density at radius 2 is 1.65 bits per heavy atom. The van der Waals surface area contributed by atoms with Crippen LogP contribution in [-0.4, -0.2) is 10.8 Å². The Kier molecular flexibility index (Phi) is 3.77. The Bertz CT molecular complexity index is 520. The molecular weight excluding hydrogens is 257 g/mol. The summed E-state index contributed by atoms with van der Waals surface area (Å²) in [4.78, 5) is 15.9. The molecule has 0 N–H and O–H groups in total. The molecular formula is C13H9Cl2NO. The minimum absolute atomic E-state index is 0.0380. The van der Waals surface area contributed by atoms with Gasteiger partial charge >= 0.3 is 0 Å². The fourth-order valence-corrected chi connectivity index (χ4v) is 1.66. The summed E-state index contributed by atoms with van der Waals surface area (Å²) in [5.74, 6) is -0.0380. The number of nitrogens with zero attached hydrogens (tertiary/aromatic N) is 1. The van der Waals surface area contributed by atoms with Gasteiger partial charge in [-0.3, -0.25) is 9.78 Å². The third-order valence-electron chi connectivity index (χ3n) is 2.29. The van der Waals surface area contributed by atoms with Crippen LogP contribution in [0.15, 0.2) is 42.6 Å². The minimum Gasteiger partial charge on any atom is -0.292 e. The molecule has 2 nitrogen and oxygen atoms in total. The van der Waals surface area contributed by atoms with Crippen LogP contribution in [0.25, 0.3) is 0 Å². The van der Waals surface area contributed by atoms with Gasteiger partial charge in [0.05, 0.1) is 5.02 Å². The summed E-state index contributed by atoms with van der Waals surface area (Å²) in [6.45, 7) is 0. The molecule has 0 saturated carbocycles. The lowest BCUT2D eigenvalue weighted by atomic mass is 10.1. The van der Waals surface area contributed by atoms with Gasteiger partial charge in [-0.1, -0.05) is 35.3 Å². The Labute approximate surface area is 109 Å². The second-order valence-corrected chi connectivity index (χ2v) is 4.46. The van der Waals surface area contributed by atoms with E-state index in [1.807, 2.05) is 12.1 Å². The summed E-state index contributed by atoms with van der Waals surface area (Å²) in [6, 6.07) is 10.5. The van der Waals surface area contributed by atoms with Crippen LogP contribution in [0.5, 0.6) is 0 Å². The van der Waals surface area contributed by atoms with Gasteiger partial charge in [-0.2, -0.15) is 0 Å². The molecule has 0 unspecified atom stereocenters. The lowest BCUT2D eigenvalue weighted by Gasteiger charge is -2.01. The first-order chi connectivity index (χ1) is 8.15. The van der Waals surface area contributed by atoms with E-state index in [1.54, 1.807) is 24.3 Å². The van der Waals surface area contributed by atoms with Gasteiger partial charge in [-0.25, -0.2) is 0 Å². The highest BCUT2D eigenvalue weighted by molar-refractivity contribution is 6.30. The summed E-state index contributed by atoms with van der Waals surface area (Å²) >= 11 is 11.5. The highest BCUT2D eigenvalue weighted by atomic mass is 35.5. The average Bonchev–Trinajstić information content (AvgIpc) is 2.33. The largest absolute Gasteiger partial charge is 0.292 e. The van der Waals surface area contributed by atoms with Crippen LogP contribution in [0.2, 0.25) is 10.0 Å². The van der Waals surface area contributed by atoms with Gasteiger partial charge in [0, 0.05) is 17.6 Å². The lowest BCUT2D eigenvalue weighted by molar-refractivity contribution is 0.0988. The van der Waals surface area contributed by atoms with E-state index in [9.17, 15) is 4.79 Å². The number of Topliss-reactive ketones (excluding diaryl/α,β-unsaturated/α-hetero) is 1. The quantitative estimate of drug-likeness (QED) is 0.790. The third-order valence-corrected chi connectivity index (χ3v) is 2.77. The van der Waals surface area contributed by atoms with Crippen molar-refractivity contribution in [3.8, 4) is 0 Å². The van der Waals surface area contributed by atoms with Crippen molar-refractivity contribution >= 4 is 29.0 Å². The topological polar surface area (TPSA) is 30.0 Å². The first kappa shape index (κ1) is 12.1. The molecule has 0 bridgehead atoms. The molecule has 0 radical (unpaired) electrons. The zero-order valence-electron chi connectivity index (χ0n) is 8.86. The number of hydrogen-bond donors (Lipinski definition) is 0. The van der Waals surface area contributed by atoms with E-state index in [-0.39, 0.29) is 5.78 Å². The van der Waals surface area contributed by atoms with Crippen LogP contribution in [0.4, 0.5) is 0 Å². The van der Waals surface area contributed by atoms with E-state index in [0.717, 1.165) is 5.56 Å². The van der Waals surface area contributed by atoms with E-state index >= 15 is 0 Å². The van der Waals surface area contributed by atoms with Crippen LogP contribution in [-0.2, 0) is 6.42 Å². The predicted molar refractivity (Wildman–Crippen MR) is 68.7 cm³/mol. The number of rotatable bonds is 3. The molecule has 0 aliphatic carbocycles. The number of ketones is 1. The van der Waals surface area contributed by atoms with Gasteiger partial charge in [0.25, 0.3) is 0 Å². The maximum Gasteiger partial charge on any atom is 0.185 e. The SMILES string of the molecule is O=C(Cc1ccc(Cl)cc1)c1ccc(Cl)cn1. The molecule has 0 aliphatic heterocycles. The van der Waals surface area contributed by atoms with Gasteiger partial charge < -0.3 is 0 Å². The molecule has 1 aromatic heterocycles. The van der Waals surface area contributed by atoms with Gasteiger partial charge in [0.1, 0.15) is 5.69 Å². The van der Waals surface area contributed by atoms with E-state index in [1.165, 1.54) is 6.20 Å². The number of carbonyl (C=O) groups is 1. The number of halogens is 2. The normalized spacial score (nSPS) is 10.2. The fourth-order valence-electron chi connectivity index (χ4n) is 1.42. The number of hydrogen-bond acceptors (Lipinski definition) is 2. The molecule has 0 spiro atoms. The molecule has 17 heavy (non-hydrogen) atoms. The second kappa shape index (κ2) is 5.30. The first-order valence-corrected chi connectivity index (χ1v) is 5.80. The fraction of sp³-hybridized carbons (Fsp3) is 0.0769. The summed E-state index contributed by atoms with van der Waals surface area (Å²) in [6.07, 6.45) is 1.78. The van der Waals surface area contributed by atoms with Gasteiger partial charge in [-0.05, 0) is 29.8 Å². The molecule has 86 valence electrons. The maximum absolute atomic E-state index is 11.9. The lowest BCUT2D eigenvalue weighted by Crippen LogP contribution is -2.05. The van der Waals surface area contributed by atoms with Crippen molar-refractivity contribution in [2.75, 3.05) is 0 Å². The Hall–Kier alpha value is -1.38. The van der Waals surface area contributed by atoms with Crippen molar-refractivity contribution in [1.29, 1.82) is 0 Å². The first-order valence-electron chi connectivity index (χ1n) is 5.04. The highest BCUT2D eigenvalue weighted by Crippen LogP contribution is 2.12. The highest BCUT2D eigenvalue weighted by Gasteiger charge is 2.08. The van der Waals surface area contributed by atoms with E-state index in [0.29, 0.717) is 22.2 Å². The summed E-state index contributed by atoms with van der Waals surface area (Å²) < 4.78 is 0. The summed E-state index contributed by atoms with van der Waals surface area (Å²) in [5, 5.41) is 1.18. The van der Waals surface area contributed by atoms with Crippen LogP contribution in [0.3, 0.4) is 0 Å². The predicted octanol–water partition coefficient (Wildman–Crippen LogP) is 3.81. The van der Waals surface area contributed by atoms with Crippen molar-refractivity contribution < 1.29 is 4.79 Å². The number of aromatic nitrogens is 1. The molecule has 0 aliphatic rings. The smallest absolute Gasteiger partial charge is 0.185 e. The zero-order chi connectivity index (χ0) is 12.3. The molecule has 0 saturated heterocycles. The van der Waals surface area contributed by atoms with Crippen molar-refractivity contribution in [3.63, 3.8) is 0 Å². The van der Waals surface area contributed by atoms with Gasteiger partial charge in [0.15, 0.2) is 5.78 Å². The zero-order valence-corrected chi connectivity index (χ0v) is 10.4. The molecule has 4 heteroatoms. The molecule has 2 aromatic rings. The average molecular weight is 266 g/mol. The van der Waals surface area contributed by atoms with Crippen LogP contribution < -0.4 is 0 Å². The summed E-state index contributed by atoms with van der Waals surface area (Å²) in [5.41, 5.74) is 1.33. The third kappa shape index (κ3) is 3.29. The summed E-state index contributed by atoms with van der Waals surface area (Å²) in [7, 11) is 0. The van der Waals surface area contributed by atoms with E-state index in [2.05, 4.69) is 4.98 Å². The molecule has 2 rings (SSSR count). The standard InChI is InChI=1S/C13H9Cl2NO/c14-10-3-1-9(2-4-10)7-13(17)12-6-5-11(15)8-16-12/h1-6,8H,7H2. The van der Waals surface area contributed by atoms with Crippen LogP contribution >= 0.6 is 23.2 Å². The Morgan fingerprint density at radius 1 is 1.00 bits per heavy atom. The van der Waals surface area contributed by atoms with Crippen LogP contribution in [0.1, 0.15) is 16.1 Å². The van der Waals surface area contributed by atoms with Gasteiger partial charge in [-0.15, -0.1) is 0 Å². The molecule has 1 aromatic carbocycles. The second-order valence-electron chi connectivity index (χ2n) is 3.59. The Morgan fingerprint density at radius 3 is 2.24 bits per heavy atom. The Balaban J connectivity index is 2.11. The van der Waals surface area contributed by atoms with Crippen molar-refractivity contribution in [3.05, 3.63) is 63.9 Å². The van der Waals surface area contributed by atoms with E-state index < -0.39 is 0 Å². The molecule has 0 fully saturated rings. The number of pyridine rings is 1. The maximum atomic E-state index is 11.9. The van der Waals surface area contributed by atoms with Gasteiger partial charge in [0.2, 0.25) is 0 Å². The van der Waals surface area contributed by atoms with E-state index in [4.69, 9.17) is 23.2 Å².